The number of rotatable bonds is 9. The highest BCUT2D eigenvalue weighted by Gasteiger charge is 2.25. The Morgan fingerprint density at radius 2 is 1.83 bits per heavy atom. The molecule has 0 aliphatic carbocycles. The maximum Gasteiger partial charge on any atom is 0.354 e. The molecule has 1 aromatic heterocycles. The Kier molecular flexibility index (Phi) is 6.62. The van der Waals surface area contributed by atoms with Crippen molar-refractivity contribution in [2.45, 2.75) is 33.4 Å². The molecule has 3 N–H and O–H groups in total. The van der Waals surface area contributed by atoms with Gasteiger partial charge in [0.05, 0.1) is 14.2 Å². The zero-order valence-electron chi connectivity index (χ0n) is 18.4. The minimum absolute atomic E-state index is 0.0000316. The number of nitrogens with two attached hydrogens (primary N) is 1. The first kappa shape index (κ1) is 21.6. The number of anilines is 1. The maximum atomic E-state index is 13.0. The molecule has 0 bridgehead atoms. The molecule has 0 fully saturated rings. The first-order valence-electron chi connectivity index (χ1n) is 10.2. The number of H-pyrrole nitrogens is 1. The molecule has 1 unspecified atom stereocenters. The summed E-state index contributed by atoms with van der Waals surface area (Å²) in [6.45, 7) is 8.26. The fourth-order valence-corrected chi connectivity index (χ4v) is 4.00. The van der Waals surface area contributed by atoms with E-state index in [0.29, 0.717) is 23.0 Å². The number of nitrogens with one attached hydrogen (secondary N) is 1. The first-order chi connectivity index (χ1) is 14.4. The minimum Gasteiger partial charge on any atom is -0.493 e. The Morgan fingerprint density at radius 3 is 2.47 bits per heavy atom. The number of aromatic amines is 1. The van der Waals surface area contributed by atoms with E-state index in [1.54, 1.807) is 32.4 Å². The van der Waals surface area contributed by atoms with Crippen molar-refractivity contribution >= 4 is 22.8 Å². The van der Waals surface area contributed by atoms with Crippen molar-refractivity contribution in [3.63, 3.8) is 0 Å². The third-order valence-electron chi connectivity index (χ3n) is 5.67. The summed E-state index contributed by atoms with van der Waals surface area (Å²) in [6, 6.07) is 11.2. The van der Waals surface area contributed by atoms with Crippen molar-refractivity contribution in [2.24, 2.45) is 0 Å². The van der Waals surface area contributed by atoms with Gasteiger partial charge in [0.15, 0.2) is 17.3 Å². The number of carbonyl (C=O) groups is 1. The lowest BCUT2D eigenvalue weighted by atomic mass is 10.0. The number of Topliss-reactive ketones (excluding diaryl/α,β-unsaturated/α-hetero) is 1. The average Bonchev–Trinajstić information content (AvgIpc) is 3.10. The highest BCUT2D eigenvalue weighted by atomic mass is 16.5. The second-order valence-electron chi connectivity index (χ2n) is 7.21. The van der Waals surface area contributed by atoms with Gasteiger partial charge in [-0.3, -0.25) is 15.4 Å². The number of hydrogen-bond donors (Lipinski definition) is 2. The minimum atomic E-state index is -0.0000316. The predicted molar refractivity (Wildman–Crippen MR) is 118 cm³/mol. The summed E-state index contributed by atoms with van der Waals surface area (Å²) in [7, 11) is 3.13. The number of methoxy groups -OCH3 is 2. The smallest absolute Gasteiger partial charge is 0.354 e. The van der Waals surface area contributed by atoms with E-state index in [2.05, 4.69) is 35.2 Å². The number of para-hydroxylation sites is 1. The number of imidazole rings is 1. The van der Waals surface area contributed by atoms with Gasteiger partial charge in [0.1, 0.15) is 17.2 Å². The van der Waals surface area contributed by atoms with Crippen LogP contribution in [0.25, 0.3) is 11.0 Å². The quantitative estimate of drug-likeness (QED) is 0.417. The Balaban J connectivity index is 1.96. The Hall–Kier alpha value is -3.06. The van der Waals surface area contributed by atoms with Gasteiger partial charge >= 0.3 is 5.95 Å². The van der Waals surface area contributed by atoms with E-state index in [4.69, 9.17) is 15.2 Å². The molecular weight excluding hydrogens is 380 g/mol. The molecule has 7 heteroatoms. The topological polar surface area (TPSA) is 84.5 Å². The van der Waals surface area contributed by atoms with Gasteiger partial charge in [0, 0.05) is 17.5 Å². The second-order valence-corrected chi connectivity index (χ2v) is 7.21. The number of nitrogens with zero attached hydrogens (tertiary/aromatic N) is 2. The van der Waals surface area contributed by atoms with E-state index < -0.39 is 0 Å². The molecule has 3 aromatic rings. The van der Waals surface area contributed by atoms with Crippen LogP contribution < -0.4 is 19.8 Å². The lowest BCUT2D eigenvalue weighted by Crippen LogP contribution is -2.49. The molecule has 0 amide bonds. The van der Waals surface area contributed by atoms with Crippen LogP contribution >= 0.6 is 0 Å². The number of ether oxygens (including phenoxy) is 2. The van der Waals surface area contributed by atoms with Crippen LogP contribution in [0.4, 0.5) is 5.95 Å². The highest BCUT2D eigenvalue weighted by molar-refractivity contribution is 5.99. The zero-order chi connectivity index (χ0) is 21.8. The van der Waals surface area contributed by atoms with Crippen LogP contribution in [0.15, 0.2) is 36.4 Å². The molecule has 0 radical (unpaired) electrons. The molecule has 2 aromatic carbocycles. The molecule has 7 nitrogen and oxygen atoms in total. The predicted octanol–water partition coefficient (Wildman–Crippen LogP) is 3.34. The monoisotopic (exact) mass is 411 g/mol. The Labute approximate surface area is 177 Å². The van der Waals surface area contributed by atoms with Crippen LogP contribution in [0, 0.1) is 0 Å². The maximum absolute atomic E-state index is 13.0. The molecule has 30 heavy (non-hydrogen) atoms. The number of aromatic nitrogens is 2. The molecule has 160 valence electrons. The van der Waals surface area contributed by atoms with E-state index in [1.807, 2.05) is 18.2 Å². The number of carbonyl (C=O) groups excluding carboxylic acids is 1. The van der Waals surface area contributed by atoms with Crippen LogP contribution in [0.1, 0.15) is 42.9 Å². The third kappa shape index (κ3) is 3.98. The third-order valence-corrected chi connectivity index (χ3v) is 5.67. The van der Waals surface area contributed by atoms with E-state index in [9.17, 15) is 4.79 Å². The van der Waals surface area contributed by atoms with Crippen LogP contribution in [-0.4, -0.2) is 43.0 Å². The fraction of sp³-hybridized carbons (Fsp3) is 0.391. The zero-order valence-corrected chi connectivity index (χ0v) is 18.4. The summed E-state index contributed by atoms with van der Waals surface area (Å²) in [4.78, 5) is 18.6. The van der Waals surface area contributed by atoms with E-state index >= 15 is 0 Å². The molecular formula is C23H31N4O3+. The lowest BCUT2D eigenvalue weighted by molar-refractivity contribution is -0.703. The Bertz CT molecular complexity index is 1040. The van der Waals surface area contributed by atoms with Gasteiger partial charge in [-0.1, -0.05) is 26.0 Å². The van der Waals surface area contributed by atoms with Gasteiger partial charge in [-0.15, -0.1) is 0 Å². The van der Waals surface area contributed by atoms with E-state index in [0.717, 1.165) is 29.7 Å². The van der Waals surface area contributed by atoms with Crippen LogP contribution in [0.3, 0.4) is 0 Å². The molecule has 0 saturated carbocycles. The van der Waals surface area contributed by atoms with Crippen molar-refractivity contribution in [3.8, 4) is 11.5 Å². The van der Waals surface area contributed by atoms with Crippen LogP contribution in [0.2, 0.25) is 0 Å². The number of fused-ring (bicyclic) bond motifs is 1. The summed E-state index contributed by atoms with van der Waals surface area (Å²) in [5.74, 6) is 1.71. The molecule has 0 aliphatic rings. The van der Waals surface area contributed by atoms with Crippen molar-refractivity contribution in [2.75, 3.05) is 33.0 Å². The molecule has 1 atom stereocenters. The summed E-state index contributed by atoms with van der Waals surface area (Å²) in [6.07, 6.45) is 0.359. The van der Waals surface area contributed by atoms with Crippen LogP contribution in [0.5, 0.6) is 11.5 Å². The van der Waals surface area contributed by atoms with Crippen molar-refractivity contribution < 1.29 is 18.8 Å². The highest BCUT2D eigenvalue weighted by Crippen LogP contribution is 2.28. The van der Waals surface area contributed by atoms with Crippen molar-refractivity contribution in [1.29, 1.82) is 0 Å². The molecule has 3 rings (SSSR count). The summed E-state index contributed by atoms with van der Waals surface area (Å²) >= 11 is 0. The lowest BCUT2D eigenvalue weighted by Gasteiger charge is -2.25. The normalized spacial score (nSPS) is 12.3. The molecule has 1 heterocycles. The summed E-state index contributed by atoms with van der Waals surface area (Å²) in [5.41, 5.74) is 9.71. The molecule has 0 aliphatic heterocycles. The summed E-state index contributed by atoms with van der Waals surface area (Å²) < 4.78 is 12.7. The van der Waals surface area contributed by atoms with Crippen LogP contribution in [-0.2, 0) is 6.42 Å². The van der Waals surface area contributed by atoms with E-state index in [1.165, 1.54) is 0 Å². The average molecular weight is 412 g/mol. The number of ketones is 1. The van der Waals surface area contributed by atoms with Gasteiger partial charge in [-0.25, -0.2) is 9.55 Å². The number of hydrogen-bond acceptors (Lipinski definition) is 5. The fourth-order valence-electron chi connectivity index (χ4n) is 4.00. The van der Waals surface area contributed by atoms with Gasteiger partial charge in [0.2, 0.25) is 0 Å². The number of nitrogen functional groups attached to an aromatic ring is 1. The standard InChI is InChI=1S/C23H30N4O3/c1-6-26(7-2)15(3)27-18-10-8-9-17(22(18)25-23(27)24)13-19(28)16-11-12-20(29-4)21(14-16)30-5/h8-12,14-15H,6-7,13H2,1-5H3,(H2,24,25)/p+1. The van der Waals surface area contributed by atoms with Gasteiger partial charge in [-0.2, -0.15) is 0 Å². The summed E-state index contributed by atoms with van der Waals surface area (Å²) in [5, 5.41) is 0. The first-order valence-corrected chi connectivity index (χ1v) is 10.2. The van der Waals surface area contributed by atoms with Gasteiger partial charge in [-0.05, 0) is 44.3 Å². The Morgan fingerprint density at radius 1 is 1.13 bits per heavy atom. The molecule has 0 spiro atoms. The van der Waals surface area contributed by atoms with E-state index in [-0.39, 0.29) is 18.4 Å². The SMILES string of the molecule is CCN(CC)C(C)[n+]1c(N)[nH]c2c(CC(=O)c3ccc(OC)c(OC)c3)cccc21. The van der Waals surface area contributed by atoms with Crippen molar-refractivity contribution in [3.05, 3.63) is 47.5 Å². The van der Waals surface area contributed by atoms with Gasteiger partial charge < -0.3 is 9.47 Å². The second kappa shape index (κ2) is 9.17. The van der Waals surface area contributed by atoms with Crippen molar-refractivity contribution in [1.82, 2.24) is 9.88 Å². The number of benzene rings is 2. The van der Waals surface area contributed by atoms with Gasteiger partial charge in [0.25, 0.3) is 0 Å². The largest absolute Gasteiger partial charge is 0.493 e. The molecule has 0 saturated heterocycles.